The molecule has 3 aliphatic heterocycles. The molecule has 3 rings (SSSR count). The maximum absolute atomic E-state index is 12.0. The Morgan fingerprint density at radius 2 is 1.83 bits per heavy atom. The second-order valence-electron chi connectivity index (χ2n) is 6.02. The third-order valence-corrected chi connectivity index (χ3v) is 3.23. The summed E-state index contributed by atoms with van der Waals surface area (Å²) in [6.07, 6.45) is 0.675. The fourth-order valence-corrected chi connectivity index (χ4v) is 2.63. The average Bonchev–Trinajstić information content (AvgIpc) is 2.12. The van der Waals surface area contributed by atoms with Crippen LogP contribution in [-0.4, -0.2) is 64.3 Å². The van der Waals surface area contributed by atoms with E-state index in [1.807, 2.05) is 25.7 Å². The minimum absolute atomic E-state index is 0.0508. The Balaban J connectivity index is 1.89. The molecule has 3 heterocycles. The molecular weight excluding hydrogens is 236 g/mol. The molecule has 0 radical (unpaired) electrons. The van der Waals surface area contributed by atoms with Crippen LogP contribution in [0.2, 0.25) is 0 Å². The summed E-state index contributed by atoms with van der Waals surface area (Å²) < 4.78 is 5.35. The Hall–Kier alpha value is -1.30. The number of fused-ring (bicyclic) bond motifs is 2. The van der Waals surface area contributed by atoms with E-state index in [0.29, 0.717) is 13.1 Å². The minimum Gasteiger partial charge on any atom is -0.480 e. The van der Waals surface area contributed by atoms with Gasteiger partial charge in [-0.25, -0.2) is 4.79 Å². The molecule has 3 aliphatic rings. The van der Waals surface area contributed by atoms with Gasteiger partial charge in [0.15, 0.2) is 0 Å². The summed E-state index contributed by atoms with van der Waals surface area (Å²) in [6, 6.07) is 0.218. The lowest BCUT2D eigenvalue weighted by atomic mass is 9.88. The molecule has 3 fully saturated rings. The number of hydrogen-bond donors (Lipinski definition) is 1. The summed E-state index contributed by atoms with van der Waals surface area (Å²) in [6.45, 7) is 6.84. The van der Waals surface area contributed by atoms with Crippen molar-refractivity contribution >= 4 is 12.1 Å². The molecular formula is C12H20N2O4. The Bertz CT molecular complexity index is 352. The molecule has 0 spiro atoms. The van der Waals surface area contributed by atoms with Crippen LogP contribution in [0.4, 0.5) is 4.79 Å². The minimum atomic E-state index is -0.819. The molecule has 0 aromatic rings. The first-order valence-corrected chi connectivity index (χ1v) is 6.22. The highest BCUT2D eigenvalue weighted by atomic mass is 16.6. The molecule has 2 atom stereocenters. The first-order valence-electron chi connectivity index (χ1n) is 6.22. The number of amides is 1. The zero-order chi connectivity index (χ0) is 13.5. The second kappa shape index (κ2) is 4.42. The molecule has 102 valence electrons. The smallest absolute Gasteiger partial charge is 0.410 e. The van der Waals surface area contributed by atoms with Crippen LogP contribution in [0.15, 0.2) is 0 Å². The lowest BCUT2D eigenvalue weighted by Gasteiger charge is -2.55. The van der Waals surface area contributed by atoms with Gasteiger partial charge in [-0.2, -0.15) is 0 Å². The first-order chi connectivity index (χ1) is 8.26. The van der Waals surface area contributed by atoms with Gasteiger partial charge in [0, 0.05) is 13.1 Å². The van der Waals surface area contributed by atoms with E-state index in [9.17, 15) is 9.59 Å². The topological polar surface area (TPSA) is 70.1 Å². The van der Waals surface area contributed by atoms with Crippen molar-refractivity contribution in [2.75, 3.05) is 19.6 Å². The van der Waals surface area contributed by atoms with Crippen molar-refractivity contribution in [1.29, 1.82) is 0 Å². The largest absolute Gasteiger partial charge is 0.480 e. The highest BCUT2D eigenvalue weighted by Gasteiger charge is 2.48. The van der Waals surface area contributed by atoms with Crippen molar-refractivity contribution in [2.45, 2.75) is 44.9 Å². The van der Waals surface area contributed by atoms with E-state index >= 15 is 0 Å². The van der Waals surface area contributed by atoms with Gasteiger partial charge in [0.25, 0.3) is 0 Å². The summed E-state index contributed by atoms with van der Waals surface area (Å²) in [5, 5.41) is 8.75. The molecule has 0 aromatic heterocycles. The van der Waals surface area contributed by atoms with Gasteiger partial charge in [-0.15, -0.1) is 0 Å². The number of carboxylic acid groups (broad SMARTS) is 1. The third kappa shape index (κ3) is 2.75. The Morgan fingerprint density at radius 1 is 1.28 bits per heavy atom. The Kier molecular flexibility index (Phi) is 3.23. The van der Waals surface area contributed by atoms with Crippen molar-refractivity contribution in [2.24, 2.45) is 0 Å². The van der Waals surface area contributed by atoms with Crippen LogP contribution in [0.3, 0.4) is 0 Å². The monoisotopic (exact) mass is 256 g/mol. The summed E-state index contributed by atoms with van der Waals surface area (Å²) in [5.41, 5.74) is -0.484. The molecule has 18 heavy (non-hydrogen) atoms. The van der Waals surface area contributed by atoms with E-state index in [-0.39, 0.29) is 24.7 Å². The SMILES string of the molecule is CC(C)(C)OC(=O)N1C2CC1CN(CC(=O)O)C2. The number of aliphatic carboxylic acids is 1. The molecule has 2 unspecified atom stereocenters. The number of carbonyl (C=O) groups excluding carboxylic acids is 1. The quantitative estimate of drug-likeness (QED) is 0.790. The van der Waals surface area contributed by atoms with Crippen LogP contribution in [-0.2, 0) is 9.53 Å². The van der Waals surface area contributed by atoms with Gasteiger partial charge in [-0.1, -0.05) is 0 Å². The molecule has 0 aromatic carbocycles. The lowest BCUT2D eigenvalue weighted by molar-refractivity contribution is -0.141. The average molecular weight is 256 g/mol. The maximum Gasteiger partial charge on any atom is 0.410 e. The van der Waals surface area contributed by atoms with Crippen molar-refractivity contribution in [3.05, 3.63) is 0 Å². The second-order valence-corrected chi connectivity index (χ2v) is 6.02. The van der Waals surface area contributed by atoms with Gasteiger partial charge < -0.3 is 9.84 Å². The van der Waals surface area contributed by atoms with Gasteiger partial charge in [-0.05, 0) is 27.2 Å². The third-order valence-electron chi connectivity index (χ3n) is 3.23. The molecule has 2 bridgehead atoms. The number of piperidine rings is 1. The predicted octanol–water partition coefficient (Wildman–Crippen LogP) is 0.765. The number of ether oxygens (including phenoxy) is 1. The summed E-state index contributed by atoms with van der Waals surface area (Å²) >= 11 is 0. The zero-order valence-corrected chi connectivity index (χ0v) is 11.0. The van der Waals surface area contributed by atoms with Gasteiger partial charge >= 0.3 is 12.1 Å². The molecule has 1 amide bonds. The van der Waals surface area contributed by atoms with Crippen molar-refractivity contribution in [3.63, 3.8) is 0 Å². The van der Waals surface area contributed by atoms with E-state index in [2.05, 4.69) is 0 Å². The van der Waals surface area contributed by atoms with E-state index in [1.54, 1.807) is 4.90 Å². The van der Waals surface area contributed by atoms with Gasteiger partial charge in [0.1, 0.15) is 5.60 Å². The van der Waals surface area contributed by atoms with Crippen LogP contribution < -0.4 is 0 Å². The highest BCUT2D eigenvalue weighted by Crippen LogP contribution is 2.33. The predicted molar refractivity (Wildman–Crippen MR) is 64.3 cm³/mol. The van der Waals surface area contributed by atoms with Gasteiger partial charge in [-0.3, -0.25) is 14.6 Å². The summed E-state index contributed by atoms with van der Waals surface area (Å²) in [4.78, 5) is 26.2. The van der Waals surface area contributed by atoms with Gasteiger partial charge in [0.2, 0.25) is 0 Å². The van der Waals surface area contributed by atoms with E-state index in [1.165, 1.54) is 0 Å². The maximum atomic E-state index is 12.0. The number of carboxylic acids is 1. The molecule has 3 saturated heterocycles. The number of carbonyl (C=O) groups is 2. The van der Waals surface area contributed by atoms with Crippen LogP contribution >= 0.6 is 0 Å². The zero-order valence-electron chi connectivity index (χ0n) is 11.0. The van der Waals surface area contributed by atoms with Crippen molar-refractivity contribution in [3.8, 4) is 0 Å². The van der Waals surface area contributed by atoms with Crippen LogP contribution in [0.1, 0.15) is 27.2 Å². The standard InChI is InChI=1S/C12H20N2O4/c1-12(2,3)18-11(17)14-8-4-9(14)6-13(5-8)7-10(15)16/h8-9H,4-7H2,1-3H3,(H,15,16). The Labute approximate surface area is 106 Å². The van der Waals surface area contributed by atoms with Crippen LogP contribution in [0, 0.1) is 0 Å². The number of hydrogen-bond acceptors (Lipinski definition) is 4. The van der Waals surface area contributed by atoms with Crippen LogP contribution in [0.25, 0.3) is 0 Å². The molecule has 6 heteroatoms. The first kappa shape index (κ1) is 13.1. The highest BCUT2D eigenvalue weighted by molar-refractivity contribution is 5.71. The van der Waals surface area contributed by atoms with Crippen molar-refractivity contribution < 1.29 is 19.4 Å². The summed E-state index contributed by atoms with van der Waals surface area (Å²) in [5.74, 6) is -0.819. The molecule has 0 saturated carbocycles. The summed E-state index contributed by atoms with van der Waals surface area (Å²) in [7, 11) is 0. The van der Waals surface area contributed by atoms with E-state index in [0.717, 1.165) is 6.42 Å². The number of rotatable bonds is 2. The molecule has 1 N–H and O–H groups in total. The molecule has 0 aliphatic carbocycles. The lowest BCUT2D eigenvalue weighted by Crippen LogP contribution is -2.70. The van der Waals surface area contributed by atoms with E-state index < -0.39 is 11.6 Å². The van der Waals surface area contributed by atoms with Crippen molar-refractivity contribution in [1.82, 2.24) is 9.80 Å². The normalized spacial score (nSPS) is 27.6. The molecule has 6 nitrogen and oxygen atoms in total. The number of piperazine rings is 1. The van der Waals surface area contributed by atoms with Gasteiger partial charge in [0.05, 0.1) is 18.6 Å². The fraction of sp³-hybridized carbons (Fsp3) is 0.833. The Morgan fingerprint density at radius 3 is 2.28 bits per heavy atom. The van der Waals surface area contributed by atoms with Crippen LogP contribution in [0.5, 0.6) is 0 Å². The number of nitrogens with zero attached hydrogens (tertiary/aromatic N) is 2. The van der Waals surface area contributed by atoms with E-state index in [4.69, 9.17) is 9.84 Å². The fourth-order valence-electron chi connectivity index (χ4n) is 2.63.